The Morgan fingerprint density at radius 2 is 1.26 bits per heavy atom. The normalized spacial score (nSPS) is 10.8. The predicted octanol–water partition coefficient (Wildman–Crippen LogP) is 8.08. The molecule has 12 nitrogen and oxygen atoms in total. The number of nitrogen functional groups attached to an aromatic ring is 1. The molecule has 5 N–H and O–H groups in total. The number of pyridine rings is 2. The number of ether oxygens (including phenoxy) is 4. The van der Waals surface area contributed by atoms with E-state index in [1.165, 1.54) is 22.7 Å². The van der Waals surface area contributed by atoms with E-state index in [0.717, 1.165) is 73.4 Å². The highest BCUT2D eigenvalue weighted by molar-refractivity contribution is 7.25. The molecule has 14 heteroatoms. The summed E-state index contributed by atoms with van der Waals surface area (Å²) < 4.78 is 21.9. The lowest BCUT2D eigenvalue weighted by molar-refractivity contribution is 0.100. The number of aromatic amines is 1. The number of amides is 1. The summed E-state index contributed by atoms with van der Waals surface area (Å²) >= 11 is 2.59. The lowest BCUT2D eigenvalue weighted by Gasteiger charge is -2.10. The largest absolute Gasteiger partial charge is 0.493 e. The van der Waals surface area contributed by atoms with Crippen molar-refractivity contribution in [1.29, 1.82) is 0 Å². The summed E-state index contributed by atoms with van der Waals surface area (Å²) in [5, 5.41) is 1.73. The number of aromatic nitrogens is 4. The van der Waals surface area contributed by atoms with Crippen LogP contribution in [0.15, 0.2) is 53.3 Å². The Labute approximate surface area is 314 Å². The zero-order valence-electron chi connectivity index (χ0n) is 29.8. The van der Waals surface area contributed by atoms with E-state index in [4.69, 9.17) is 40.4 Å². The second-order valence-electron chi connectivity index (χ2n) is 11.9. The Hall–Kier alpha value is -5.73. The van der Waals surface area contributed by atoms with Crippen LogP contribution in [0.25, 0.3) is 53.2 Å². The Bertz CT molecular complexity index is 2540. The van der Waals surface area contributed by atoms with Crippen LogP contribution in [0.4, 0.5) is 5.69 Å². The van der Waals surface area contributed by atoms with Gasteiger partial charge in [-0.15, -0.1) is 22.7 Å². The summed E-state index contributed by atoms with van der Waals surface area (Å²) in [6.45, 7) is 6.03. The van der Waals surface area contributed by atoms with Crippen molar-refractivity contribution in [3.05, 3.63) is 80.7 Å². The number of nitrogens with one attached hydrogen (secondary N) is 1. The molecule has 0 aliphatic heterocycles. The Morgan fingerprint density at radius 1 is 0.755 bits per heavy atom. The standard InChI is InChI=1S/C21H21N3O3S.C17H17N3O3S.CH4/c1-5-6-16-23-18-17-11(2)9-13(22-21(17)28-19(18)20(25)24-16)12-7-8-14(26-3)15(10-12)27-4;1-8-6-10(9-4-5-11(22-2)12(7-9)23-3)20-17-13(8)14(18)15(24-17)16(19)21;/h7-10H,5-6H2,1-4H3,(H,23,24,25);4-7H,18H2,1-3H3,(H2,19,21);1H4. The number of hydrogen-bond donors (Lipinski definition) is 3. The molecule has 0 saturated heterocycles. The molecule has 7 rings (SSSR count). The first-order valence-corrected chi connectivity index (χ1v) is 17.9. The van der Waals surface area contributed by atoms with E-state index in [-0.39, 0.29) is 13.0 Å². The molecule has 5 heterocycles. The zero-order chi connectivity index (χ0) is 37.3. The molecule has 276 valence electrons. The number of methoxy groups -OCH3 is 4. The third kappa shape index (κ3) is 7.32. The quantitative estimate of drug-likeness (QED) is 0.131. The van der Waals surface area contributed by atoms with Crippen LogP contribution >= 0.6 is 22.7 Å². The number of primary amides is 1. The predicted molar refractivity (Wildman–Crippen MR) is 215 cm³/mol. The van der Waals surface area contributed by atoms with Crippen LogP contribution in [0.3, 0.4) is 0 Å². The van der Waals surface area contributed by atoms with Crippen LogP contribution in [0.1, 0.15) is 47.4 Å². The molecule has 2 aromatic carbocycles. The number of fused-ring (bicyclic) bond motifs is 4. The van der Waals surface area contributed by atoms with Crippen LogP contribution in [0.5, 0.6) is 23.0 Å². The molecular formula is C39H42N6O6S2. The van der Waals surface area contributed by atoms with E-state index in [2.05, 4.69) is 16.9 Å². The molecular weight excluding hydrogens is 713 g/mol. The van der Waals surface area contributed by atoms with Crippen molar-refractivity contribution in [2.75, 3.05) is 34.2 Å². The van der Waals surface area contributed by atoms with Gasteiger partial charge in [0, 0.05) is 28.3 Å². The lowest BCUT2D eigenvalue weighted by atomic mass is 10.1. The van der Waals surface area contributed by atoms with E-state index < -0.39 is 5.91 Å². The summed E-state index contributed by atoms with van der Waals surface area (Å²) in [4.78, 5) is 42.9. The number of H-pyrrole nitrogens is 1. The van der Waals surface area contributed by atoms with Gasteiger partial charge in [0.2, 0.25) is 0 Å². The molecule has 5 aromatic heterocycles. The minimum Gasteiger partial charge on any atom is -0.493 e. The molecule has 0 radical (unpaired) electrons. The monoisotopic (exact) mass is 754 g/mol. The number of nitrogens with zero attached hydrogens (tertiary/aromatic N) is 3. The summed E-state index contributed by atoms with van der Waals surface area (Å²) in [7, 11) is 6.40. The van der Waals surface area contributed by atoms with E-state index in [1.54, 1.807) is 28.4 Å². The molecule has 0 spiro atoms. The van der Waals surface area contributed by atoms with Crippen molar-refractivity contribution in [1.82, 2.24) is 19.9 Å². The van der Waals surface area contributed by atoms with Gasteiger partial charge < -0.3 is 35.4 Å². The average Bonchev–Trinajstić information content (AvgIpc) is 3.69. The van der Waals surface area contributed by atoms with Crippen LogP contribution in [-0.4, -0.2) is 54.3 Å². The van der Waals surface area contributed by atoms with E-state index in [9.17, 15) is 9.59 Å². The molecule has 0 atom stereocenters. The maximum atomic E-state index is 12.5. The Kier molecular flexibility index (Phi) is 11.5. The highest BCUT2D eigenvalue weighted by atomic mass is 32.1. The van der Waals surface area contributed by atoms with E-state index in [0.29, 0.717) is 43.1 Å². The van der Waals surface area contributed by atoms with Crippen LogP contribution in [-0.2, 0) is 6.42 Å². The maximum absolute atomic E-state index is 12.5. The fourth-order valence-electron chi connectivity index (χ4n) is 6.01. The van der Waals surface area contributed by atoms with Gasteiger partial charge in [0.25, 0.3) is 11.5 Å². The SMILES string of the molecule is C.CCCc1nc2c(sc3nc(-c4ccc(OC)c(OC)c4)cc(C)c32)c(=O)[nH]1.COc1ccc(-c2cc(C)c3c(N)c(C(N)=O)sc3n2)cc1OC. The number of anilines is 1. The van der Waals surface area contributed by atoms with Gasteiger partial charge in [-0.25, -0.2) is 15.0 Å². The smallest absolute Gasteiger partial charge is 0.268 e. The van der Waals surface area contributed by atoms with Gasteiger partial charge in [-0.1, -0.05) is 14.4 Å². The van der Waals surface area contributed by atoms with Crippen molar-refractivity contribution in [2.45, 2.75) is 41.0 Å². The molecule has 0 aliphatic carbocycles. The van der Waals surface area contributed by atoms with Crippen molar-refractivity contribution >= 4 is 64.9 Å². The topological polar surface area (TPSA) is 178 Å². The van der Waals surface area contributed by atoms with E-state index in [1.807, 2.05) is 62.4 Å². The lowest BCUT2D eigenvalue weighted by Crippen LogP contribution is -2.10. The number of nitrogens with two attached hydrogens (primary N) is 2. The number of carbonyl (C=O) groups excluding carboxylic acids is 1. The zero-order valence-corrected chi connectivity index (χ0v) is 31.4. The second-order valence-corrected chi connectivity index (χ2v) is 13.9. The summed E-state index contributed by atoms with van der Waals surface area (Å²) in [5.41, 5.74) is 17.8. The molecule has 0 saturated carbocycles. The third-order valence-electron chi connectivity index (χ3n) is 8.51. The Morgan fingerprint density at radius 3 is 1.75 bits per heavy atom. The molecule has 53 heavy (non-hydrogen) atoms. The number of rotatable bonds is 9. The molecule has 0 fully saturated rings. The summed E-state index contributed by atoms with van der Waals surface area (Å²) in [6.07, 6.45) is 1.68. The first-order valence-electron chi connectivity index (χ1n) is 16.3. The van der Waals surface area contributed by atoms with Crippen molar-refractivity contribution < 1.29 is 23.7 Å². The number of hydrogen-bond acceptors (Lipinski definition) is 12. The van der Waals surface area contributed by atoms with Crippen LogP contribution in [0, 0.1) is 13.8 Å². The molecule has 0 aliphatic rings. The van der Waals surface area contributed by atoms with Crippen molar-refractivity contribution in [2.24, 2.45) is 5.73 Å². The molecule has 0 bridgehead atoms. The maximum Gasteiger partial charge on any atom is 0.268 e. The highest BCUT2D eigenvalue weighted by Gasteiger charge is 2.19. The van der Waals surface area contributed by atoms with Gasteiger partial charge in [0.05, 0.1) is 51.0 Å². The van der Waals surface area contributed by atoms with Gasteiger partial charge in [0.15, 0.2) is 23.0 Å². The number of benzene rings is 2. The summed E-state index contributed by atoms with van der Waals surface area (Å²) in [6, 6.07) is 15.3. The average molecular weight is 755 g/mol. The highest BCUT2D eigenvalue weighted by Crippen LogP contribution is 2.39. The Balaban J connectivity index is 0.000000203. The number of carbonyl (C=O) groups is 1. The van der Waals surface area contributed by atoms with Gasteiger partial charge in [-0.3, -0.25) is 9.59 Å². The molecule has 7 aromatic rings. The van der Waals surface area contributed by atoms with Crippen molar-refractivity contribution in [3.8, 4) is 45.5 Å². The fourth-order valence-corrected chi connectivity index (χ4v) is 8.12. The number of thiophene rings is 2. The first-order chi connectivity index (χ1) is 25.0. The second kappa shape index (κ2) is 15.9. The van der Waals surface area contributed by atoms with Gasteiger partial charge >= 0.3 is 0 Å². The third-order valence-corrected chi connectivity index (χ3v) is 10.7. The summed E-state index contributed by atoms with van der Waals surface area (Å²) in [5.74, 6) is 2.78. The van der Waals surface area contributed by atoms with Gasteiger partial charge in [-0.05, 0) is 79.9 Å². The first kappa shape index (κ1) is 38.5. The van der Waals surface area contributed by atoms with Gasteiger partial charge in [0.1, 0.15) is 25.1 Å². The minimum absolute atomic E-state index is 0. The van der Waals surface area contributed by atoms with Crippen molar-refractivity contribution in [3.63, 3.8) is 0 Å². The fraction of sp³-hybridized carbons (Fsp3) is 0.256. The number of aryl methyl sites for hydroxylation is 3. The van der Waals surface area contributed by atoms with Crippen LogP contribution < -0.4 is 36.0 Å². The minimum atomic E-state index is -0.539. The van der Waals surface area contributed by atoms with Gasteiger partial charge in [-0.2, -0.15) is 0 Å². The molecule has 1 amide bonds. The van der Waals surface area contributed by atoms with Crippen LogP contribution in [0.2, 0.25) is 0 Å². The van der Waals surface area contributed by atoms with E-state index >= 15 is 0 Å². The molecule has 0 unspecified atom stereocenters.